The summed E-state index contributed by atoms with van der Waals surface area (Å²) in [6.45, 7) is 22.0. The summed E-state index contributed by atoms with van der Waals surface area (Å²) in [4.78, 5) is 40.1. The van der Waals surface area contributed by atoms with Crippen LogP contribution in [0.3, 0.4) is 0 Å². The highest BCUT2D eigenvalue weighted by Gasteiger charge is 2.32. The molecular weight excluding hydrogens is 711 g/mol. The third-order valence-corrected chi connectivity index (χ3v) is 11.2. The van der Waals surface area contributed by atoms with Crippen LogP contribution in [0.25, 0.3) is 0 Å². The number of nitrogens with zero attached hydrogens (tertiary/aromatic N) is 1. The fraction of sp³-hybridized carbons (Fsp3) is 0.860. The van der Waals surface area contributed by atoms with Crippen molar-refractivity contribution in [3.05, 3.63) is 24.3 Å². The van der Waals surface area contributed by atoms with Gasteiger partial charge in [0, 0.05) is 12.8 Å². The number of ether oxygens (including phenoxy) is 3. The van der Waals surface area contributed by atoms with Crippen molar-refractivity contribution < 1.29 is 28.6 Å². The summed E-state index contributed by atoms with van der Waals surface area (Å²) in [5.41, 5.74) is 0.0141. The number of esters is 3. The number of allylic oxidation sites excluding steroid dienone is 2. The molecule has 0 bridgehead atoms. The van der Waals surface area contributed by atoms with Crippen molar-refractivity contribution in [2.24, 2.45) is 10.8 Å². The lowest BCUT2D eigenvalue weighted by molar-refractivity contribution is -0.152. The summed E-state index contributed by atoms with van der Waals surface area (Å²) in [6, 6.07) is 0. The Hall–Kier alpha value is -2.15. The van der Waals surface area contributed by atoms with Crippen molar-refractivity contribution in [3.63, 3.8) is 0 Å². The van der Waals surface area contributed by atoms with Crippen LogP contribution in [0.5, 0.6) is 0 Å². The Balaban J connectivity index is 4.70. The summed E-state index contributed by atoms with van der Waals surface area (Å²) in [5, 5.41) is 0. The van der Waals surface area contributed by atoms with Crippen molar-refractivity contribution in [1.82, 2.24) is 4.90 Å². The fourth-order valence-electron chi connectivity index (χ4n) is 7.85. The number of rotatable bonds is 40. The van der Waals surface area contributed by atoms with Crippen molar-refractivity contribution in [3.8, 4) is 0 Å². The van der Waals surface area contributed by atoms with Gasteiger partial charge in [-0.15, -0.1) is 0 Å². The Morgan fingerprint density at radius 3 is 1.42 bits per heavy atom. The summed E-state index contributed by atoms with van der Waals surface area (Å²) >= 11 is 0. The number of hydrogen-bond acceptors (Lipinski definition) is 7. The molecule has 0 radical (unpaired) electrons. The highest BCUT2D eigenvalue weighted by molar-refractivity contribution is 5.70. The minimum atomic E-state index is -0.133. The van der Waals surface area contributed by atoms with E-state index in [-0.39, 0.29) is 34.8 Å². The molecule has 0 N–H and O–H groups in total. The summed E-state index contributed by atoms with van der Waals surface area (Å²) in [5.74, 6) is -0.285. The van der Waals surface area contributed by atoms with Crippen LogP contribution >= 0.6 is 0 Å². The second-order valence-corrected chi connectivity index (χ2v) is 18.2. The second-order valence-electron chi connectivity index (χ2n) is 18.2. The molecule has 0 aromatic rings. The van der Waals surface area contributed by atoms with Crippen LogP contribution in [-0.4, -0.2) is 61.8 Å². The number of unbranched alkanes of at least 4 members (excludes halogenated alkanes) is 16. The molecule has 0 saturated carbocycles. The molecule has 334 valence electrons. The third-order valence-electron chi connectivity index (χ3n) is 11.2. The van der Waals surface area contributed by atoms with Crippen LogP contribution in [-0.2, 0) is 28.6 Å². The highest BCUT2D eigenvalue weighted by atomic mass is 16.5. The molecule has 0 rings (SSSR count). The predicted octanol–water partition coefficient (Wildman–Crippen LogP) is 14.1. The molecule has 0 saturated heterocycles. The molecule has 0 spiro atoms. The van der Waals surface area contributed by atoms with Gasteiger partial charge in [0.15, 0.2) is 0 Å². The Kier molecular flexibility index (Phi) is 35.5. The molecule has 0 aliphatic heterocycles. The lowest BCUT2D eigenvalue weighted by Gasteiger charge is -2.36. The van der Waals surface area contributed by atoms with E-state index in [1.165, 1.54) is 51.4 Å². The molecule has 7 nitrogen and oxygen atoms in total. The van der Waals surface area contributed by atoms with E-state index in [1.807, 2.05) is 12.2 Å². The van der Waals surface area contributed by atoms with E-state index in [9.17, 15) is 14.4 Å². The van der Waals surface area contributed by atoms with Gasteiger partial charge in [-0.3, -0.25) is 14.4 Å². The van der Waals surface area contributed by atoms with E-state index in [2.05, 4.69) is 72.4 Å². The normalized spacial score (nSPS) is 12.4. The zero-order valence-electron chi connectivity index (χ0n) is 38.9. The molecule has 0 aromatic heterocycles. The standard InChI is InChI=1S/C50H93NO6/c1-9-13-15-17-19-27-33-41-55-46(52)37-31-25-21-23-29-35-45(57-48(54)43-50(7,8)44-49(5,6)39-40-51(11-3)12-4)36-30-24-22-26-32-38-47(53)56-42-34-28-20-18-16-14-10-2/h27-28,33-34,45H,9-26,29-32,35-44H2,1-8H3/b33-27-,34-28-. The number of carbonyl (C=O) groups excluding carboxylic acids is 3. The summed E-state index contributed by atoms with van der Waals surface area (Å²) in [6.07, 6.45) is 35.5. The second kappa shape index (κ2) is 36.9. The summed E-state index contributed by atoms with van der Waals surface area (Å²) in [7, 11) is 0. The van der Waals surface area contributed by atoms with Gasteiger partial charge in [0.05, 0.1) is 6.42 Å². The average Bonchev–Trinajstić information content (AvgIpc) is 3.15. The lowest BCUT2D eigenvalue weighted by atomic mass is 9.72. The maximum absolute atomic E-state index is 13.4. The highest BCUT2D eigenvalue weighted by Crippen LogP contribution is 2.39. The monoisotopic (exact) mass is 804 g/mol. The van der Waals surface area contributed by atoms with Gasteiger partial charge in [0.25, 0.3) is 0 Å². The van der Waals surface area contributed by atoms with Gasteiger partial charge in [-0.05, 0) is 108 Å². The molecule has 0 fully saturated rings. The van der Waals surface area contributed by atoms with Crippen LogP contribution < -0.4 is 0 Å². The molecule has 7 heteroatoms. The third kappa shape index (κ3) is 36.6. The molecule has 0 aliphatic rings. The maximum Gasteiger partial charge on any atom is 0.306 e. The van der Waals surface area contributed by atoms with Crippen LogP contribution in [0.2, 0.25) is 0 Å². The Labute approximate surface area is 353 Å². The molecule has 0 amide bonds. The number of carbonyl (C=O) groups is 3. The SMILES string of the molecule is CCCCCC/C=C\COC(=O)CCCCCCCC(CCCCCCCC(=O)OC/C=C\CCCCCC)OC(=O)CC(C)(C)CC(C)(C)CCN(CC)CC. The van der Waals surface area contributed by atoms with Gasteiger partial charge in [0.2, 0.25) is 0 Å². The lowest BCUT2D eigenvalue weighted by Crippen LogP contribution is -2.32. The van der Waals surface area contributed by atoms with Gasteiger partial charge < -0.3 is 19.1 Å². The maximum atomic E-state index is 13.4. The van der Waals surface area contributed by atoms with E-state index >= 15 is 0 Å². The Bertz CT molecular complexity index is 978. The first-order valence-electron chi connectivity index (χ1n) is 23.9. The van der Waals surface area contributed by atoms with E-state index < -0.39 is 0 Å². The minimum absolute atomic E-state index is 0.0617. The quantitative estimate of drug-likeness (QED) is 0.0264. The molecule has 0 aliphatic carbocycles. The van der Waals surface area contributed by atoms with E-state index in [0.29, 0.717) is 32.5 Å². The largest absolute Gasteiger partial charge is 0.462 e. The fourth-order valence-corrected chi connectivity index (χ4v) is 7.85. The molecule has 0 aromatic carbocycles. The Morgan fingerprint density at radius 2 is 0.965 bits per heavy atom. The van der Waals surface area contributed by atoms with Crippen LogP contribution in [0.4, 0.5) is 0 Å². The van der Waals surface area contributed by atoms with Gasteiger partial charge in [0.1, 0.15) is 19.3 Å². The first-order chi connectivity index (χ1) is 27.4. The average molecular weight is 804 g/mol. The number of hydrogen-bond donors (Lipinski definition) is 0. The van der Waals surface area contributed by atoms with Crippen LogP contribution in [0, 0.1) is 10.8 Å². The molecule has 0 heterocycles. The van der Waals surface area contributed by atoms with Crippen molar-refractivity contribution in [1.29, 1.82) is 0 Å². The topological polar surface area (TPSA) is 82.1 Å². The minimum Gasteiger partial charge on any atom is -0.462 e. The van der Waals surface area contributed by atoms with E-state index in [0.717, 1.165) is 122 Å². The Morgan fingerprint density at radius 1 is 0.526 bits per heavy atom. The van der Waals surface area contributed by atoms with Gasteiger partial charge in [-0.1, -0.05) is 157 Å². The first-order valence-corrected chi connectivity index (χ1v) is 23.9. The van der Waals surface area contributed by atoms with Gasteiger partial charge in [-0.2, -0.15) is 0 Å². The zero-order valence-corrected chi connectivity index (χ0v) is 38.9. The zero-order chi connectivity index (χ0) is 42.5. The summed E-state index contributed by atoms with van der Waals surface area (Å²) < 4.78 is 17.0. The van der Waals surface area contributed by atoms with E-state index in [4.69, 9.17) is 14.2 Å². The molecule has 0 atom stereocenters. The molecule has 0 unspecified atom stereocenters. The van der Waals surface area contributed by atoms with Crippen LogP contribution in [0.1, 0.15) is 229 Å². The van der Waals surface area contributed by atoms with Crippen LogP contribution in [0.15, 0.2) is 24.3 Å². The van der Waals surface area contributed by atoms with Gasteiger partial charge in [-0.25, -0.2) is 0 Å². The van der Waals surface area contributed by atoms with Crippen molar-refractivity contribution >= 4 is 17.9 Å². The molecule has 57 heavy (non-hydrogen) atoms. The van der Waals surface area contributed by atoms with Crippen molar-refractivity contribution in [2.75, 3.05) is 32.8 Å². The first kappa shape index (κ1) is 54.9. The van der Waals surface area contributed by atoms with Crippen molar-refractivity contribution in [2.45, 2.75) is 235 Å². The molecular formula is C50H93NO6. The predicted molar refractivity (Wildman–Crippen MR) is 241 cm³/mol. The van der Waals surface area contributed by atoms with E-state index in [1.54, 1.807) is 0 Å². The smallest absolute Gasteiger partial charge is 0.306 e. The van der Waals surface area contributed by atoms with Gasteiger partial charge >= 0.3 is 17.9 Å².